The van der Waals surface area contributed by atoms with Crippen molar-refractivity contribution in [1.29, 1.82) is 0 Å². The highest BCUT2D eigenvalue weighted by Crippen LogP contribution is 2.33. The molecule has 0 heteroatoms. The monoisotopic (exact) mass is 178 g/mol. The standard InChI is InChI=1S/C14H10/c1-2-6-11(5-1)14-10-9-12-7-3-4-8-13(12)14/h1-10H. The predicted octanol–water partition coefficient (Wildman–Crippen LogP) is 3.59. The molecule has 0 N–H and O–H groups in total. The molecule has 0 fully saturated rings. The van der Waals surface area contributed by atoms with Gasteiger partial charge in [-0.05, 0) is 22.3 Å². The molecule has 0 amide bonds. The molecule has 1 aromatic rings. The van der Waals surface area contributed by atoms with Crippen molar-refractivity contribution in [2.75, 3.05) is 0 Å². The molecule has 0 bridgehead atoms. The highest BCUT2D eigenvalue weighted by atomic mass is 14.2. The van der Waals surface area contributed by atoms with Gasteiger partial charge in [-0.2, -0.15) is 0 Å². The Morgan fingerprint density at radius 1 is 0.714 bits per heavy atom. The Morgan fingerprint density at radius 3 is 2.36 bits per heavy atom. The van der Waals surface area contributed by atoms with E-state index in [4.69, 9.17) is 0 Å². The molecule has 0 nitrogen and oxygen atoms in total. The average Bonchev–Trinajstić information content (AvgIpc) is 2.85. The summed E-state index contributed by atoms with van der Waals surface area (Å²) in [6.45, 7) is 0. The van der Waals surface area contributed by atoms with E-state index in [1.54, 1.807) is 0 Å². The third-order valence-corrected chi connectivity index (χ3v) is 2.65. The number of hydrogen-bond acceptors (Lipinski definition) is 0. The van der Waals surface area contributed by atoms with Gasteiger partial charge in [0.2, 0.25) is 0 Å². The van der Waals surface area contributed by atoms with E-state index in [9.17, 15) is 0 Å². The van der Waals surface area contributed by atoms with Gasteiger partial charge in [-0.3, -0.25) is 0 Å². The van der Waals surface area contributed by atoms with Crippen molar-refractivity contribution < 1.29 is 0 Å². The second-order valence-electron chi connectivity index (χ2n) is 3.51. The van der Waals surface area contributed by atoms with Gasteiger partial charge >= 0.3 is 0 Å². The molecular formula is C14H10. The molecule has 14 heavy (non-hydrogen) atoms. The van der Waals surface area contributed by atoms with Gasteiger partial charge in [0.1, 0.15) is 0 Å². The van der Waals surface area contributed by atoms with E-state index in [2.05, 4.69) is 60.7 Å². The van der Waals surface area contributed by atoms with E-state index in [1.807, 2.05) is 0 Å². The van der Waals surface area contributed by atoms with E-state index < -0.39 is 0 Å². The van der Waals surface area contributed by atoms with Crippen LogP contribution in [0.25, 0.3) is 11.6 Å². The SMILES string of the molecule is C1=CC(=C2C=Cc3ccccc32)C=C1. The van der Waals surface area contributed by atoms with E-state index in [1.165, 1.54) is 22.3 Å². The van der Waals surface area contributed by atoms with Gasteiger partial charge in [-0.15, -0.1) is 0 Å². The van der Waals surface area contributed by atoms with Gasteiger partial charge in [0.15, 0.2) is 0 Å². The maximum Gasteiger partial charge on any atom is -0.0105 e. The smallest absolute Gasteiger partial charge is 0.0105 e. The molecule has 0 aliphatic heterocycles. The molecule has 0 spiro atoms. The number of hydrogen-bond donors (Lipinski definition) is 0. The Hall–Kier alpha value is -1.82. The van der Waals surface area contributed by atoms with E-state index >= 15 is 0 Å². The van der Waals surface area contributed by atoms with Crippen molar-refractivity contribution in [1.82, 2.24) is 0 Å². The lowest BCUT2D eigenvalue weighted by Crippen LogP contribution is -1.82. The summed E-state index contributed by atoms with van der Waals surface area (Å²) in [7, 11) is 0. The van der Waals surface area contributed by atoms with Gasteiger partial charge < -0.3 is 0 Å². The van der Waals surface area contributed by atoms with Crippen molar-refractivity contribution in [3.8, 4) is 0 Å². The number of fused-ring (bicyclic) bond motifs is 1. The summed E-state index contributed by atoms with van der Waals surface area (Å²) in [4.78, 5) is 0. The van der Waals surface area contributed by atoms with E-state index in [0.717, 1.165) is 0 Å². The Bertz CT molecular complexity index is 483. The first-order valence-electron chi connectivity index (χ1n) is 4.82. The van der Waals surface area contributed by atoms with Gasteiger partial charge in [-0.1, -0.05) is 60.7 Å². The Kier molecular flexibility index (Phi) is 1.54. The molecule has 2 aliphatic carbocycles. The molecule has 0 saturated heterocycles. The van der Waals surface area contributed by atoms with Crippen molar-refractivity contribution in [2.45, 2.75) is 0 Å². The molecule has 0 aromatic heterocycles. The first kappa shape index (κ1) is 7.57. The lowest BCUT2D eigenvalue weighted by molar-refractivity contribution is 1.60. The summed E-state index contributed by atoms with van der Waals surface area (Å²) in [6, 6.07) is 8.51. The Balaban J connectivity index is 2.24. The maximum atomic E-state index is 2.19. The molecular weight excluding hydrogens is 168 g/mol. The highest BCUT2D eigenvalue weighted by Gasteiger charge is 2.12. The minimum absolute atomic E-state index is 1.31. The number of allylic oxidation sites excluding steroid dienone is 7. The van der Waals surface area contributed by atoms with Crippen molar-refractivity contribution in [3.05, 3.63) is 71.3 Å². The lowest BCUT2D eigenvalue weighted by Gasteiger charge is -2.02. The average molecular weight is 178 g/mol. The van der Waals surface area contributed by atoms with Crippen LogP contribution in [0.1, 0.15) is 11.1 Å². The van der Waals surface area contributed by atoms with Crippen molar-refractivity contribution >= 4 is 11.6 Å². The third kappa shape index (κ3) is 1.01. The zero-order chi connectivity index (χ0) is 9.38. The topological polar surface area (TPSA) is 0 Å². The molecule has 0 radical (unpaired) electrons. The number of rotatable bonds is 0. The van der Waals surface area contributed by atoms with Gasteiger partial charge in [-0.25, -0.2) is 0 Å². The summed E-state index contributed by atoms with van der Waals surface area (Å²) in [6.07, 6.45) is 12.8. The minimum Gasteiger partial charge on any atom is -0.0616 e. The molecule has 3 rings (SSSR count). The molecule has 66 valence electrons. The van der Waals surface area contributed by atoms with Crippen LogP contribution in [0, 0.1) is 0 Å². The van der Waals surface area contributed by atoms with Crippen LogP contribution in [-0.4, -0.2) is 0 Å². The fourth-order valence-electron chi connectivity index (χ4n) is 1.96. The van der Waals surface area contributed by atoms with Crippen LogP contribution in [0.4, 0.5) is 0 Å². The molecule has 0 heterocycles. The predicted molar refractivity (Wildman–Crippen MR) is 60.7 cm³/mol. The second kappa shape index (κ2) is 2.85. The summed E-state index contributed by atoms with van der Waals surface area (Å²) in [5.41, 5.74) is 5.32. The van der Waals surface area contributed by atoms with E-state index in [-0.39, 0.29) is 0 Å². The second-order valence-corrected chi connectivity index (χ2v) is 3.51. The van der Waals surface area contributed by atoms with Gasteiger partial charge in [0.25, 0.3) is 0 Å². The summed E-state index contributed by atoms with van der Waals surface area (Å²) in [5, 5.41) is 0. The Morgan fingerprint density at radius 2 is 1.50 bits per heavy atom. The fourth-order valence-corrected chi connectivity index (χ4v) is 1.96. The zero-order valence-electron chi connectivity index (χ0n) is 7.77. The number of benzene rings is 1. The molecule has 0 atom stereocenters. The van der Waals surface area contributed by atoms with Crippen LogP contribution in [0.15, 0.2) is 60.2 Å². The largest absolute Gasteiger partial charge is 0.0616 e. The highest BCUT2D eigenvalue weighted by molar-refractivity contribution is 5.93. The fraction of sp³-hybridized carbons (Fsp3) is 0. The van der Waals surface area contributed by atoms with Crippen LogP contribution in [-0.2, 0) is 0 Å². The zero-order valence-corrected chi connectivity index (χ0v) is 7.77. The van der Waals surface area contributed by atoms with Crippen LogP contribution in [0.5, 0.6) is 0 Å². The van der Waals surface area contributed by atoms with E-state index in [0.29, 0.717) is 0 Å². The summed E-state index contributed by atoms with van der Waals surface area (Å²) >= 11 is 0. The first-order chi connectivity index (χ1) is 6.95. The molecule has 1 aromatic carbocycles. The van der Waals surface area contributed by atoms with Gasteiger partial charge in [0.05, 0.1) is 0 Å². The summed E-state index contributed by atoms with van der Waals surface area (Å²) < 4.78 is 0. The maximum absolute atomic E-state index is 2.19. The van der Waals surface area contributed by atoms with Crippen molar-refractivity contribution in [2.24, 2.45) is 0 Å². The third-order valence-electron chi connectivity index (χ3n) is 2.65. The normalized spacial score (nSPS) is 16.9. The summed E-state index contributed by atoms with van der Waals surface area (Å²) in [5.74, 6) is 0. The lowest BCUT2D eigenvalue weighted by atomic mass is 10.0. The van der Waals surface area contributed by atoms with Crippen LogP contribution in [0.3, 0.4) is 0 Å². The van der Waals surface area contributed by atoms with Crippen LogP contribution >= 0.6 is 0 Å². The van der Waals surface area contributed by atoms with Crippen molar-refractivity contribution in [3.63, 3.8) is 0 Å². The van der Waals surface area contributed by atoms with Crippen LogP contribution in [0.2, 0.25) is 0 Å². The molecule has 2 aliphatic rings. The Labute approximate surface area is 83.6 Å². The minimum atomic E-state index is 1.31. The quantitative estimate of drug-likeness (QED) is 0.569. The first-order valence-corrected chi connectivity index (χ1v) is 4.82. The van der Waals surface area contributed by atoms with Crippen LogP contribution < -0.4 is 0 Å². The molecule has 0 saturated carbocycles. The molecule has 0 unspecified atom stereocenters. The van der Waals surface area contributed by atoms with Gasteiger partial charge in [0, 0.05) is 0 Å².